The van der Waals surface area contributed by atoms with Crippen LogP contribution in [0.15, 0.2) is 48.5 Å². The largest absolute Gasteiger partial charge is 0.493 e. The number of alkyl halides is 3. The van der Waals surface area contributed by atoms with Crippen LogP contribution in [0.1, 0.15) is 31.9 Å². The zero-order valence-electron chi connectivity index (χ0n) is 18.0. The first-order valence-electron chi connectivity index (χ1n) is 9.61. The van der Waals surface area contributed by atoms with Crippen molar-refractivity contribution < 1.29 is 37.3 Å². The number of carbonyl (C=O) groups is 2. The molecule has 12 heteroatoms. The molecule has 2 rings (SSSR count). The Bertz CT molecular complexity index is 1020. The minimum absolute atomic E-state index is 0.0595. The monoisotopic (exact) mass is 469 g/mol. The second kappa shape index (κ2) is 10.3. The summed E-state index contributed by atoms with van der Waals surface area (Å²) in [7, 11) is 0. The summed E-state index contributed by atoms with van der Waals surface area (Å²) in [5.41, 5.74) is -0.0890. The van der Waals surface area contributed by atoms with E-state index in [4.69, 9.17) is 4.74 Å². The number of amides is 1. The van der Waals surface area contributed by atoms with Gasteiger partial charge < -0.3 is 14.9 Å². The Balaban J connectivity index is 2.17. The molecule has 0 aliphatic carbocycles. The van der Waals surface area contributed by atoms with Gasteiger partial charge in [0.2, 0.25) is 0 Å². The molecule has 9 nitrogen and oxygen atoms in total. The molecule has 0 aromatic heterocycles. The predicted molar refractivity (Wildman–Crippen MR) is 111 cm³/mol. The van der Waals surface area contributed by atoms with Gasteiger partial charge >= 0.3 is 18.2 Å². The second-order valence-electron chi connectivity index (χ2n) is 7.85. The van der Waals surface area contributed by atoms with Crippen LogP contribution in [0.25, 0.3) is 0 Å². The highest BCUT2D eigenvalue weighted by Crippen LogP contribution is 2.24. The molecule has 178 valence electrons. The summed E-state index contributed by atoms with van der Waals surface area (Å²) in [6.07, 6.45) is -6.63. The van der Waals surface area contributed by atoms with Gasteiger partial charge in [-0.25, -0.2) is 9.59 Å². The molecule has 0 saturated carbocycles. The molecular formula is C21H22F3N3O6. The van der Waals surface area contributed by atoms with Crippen LogP contribution in [0.5, 0.6) is 0 Å². The van der Waals surface area contributed by atoms with Gasteiger partial charge in [-0.3, -0.25) is 10.1 Å². The Labute approximate surface area is 187 Å². The number of nitro benzene ring substituents is 1. The summed E-state index contributed by atoms with van der Waals surface area (Å²) in [5, 5.41) is 14.0. The third-order valence-electron chi connectivity index (χ3n) is 3.89. The molecule has 2 aromatic rings. The zero-order valence-corrected chi connectivity index (χ0v) is 18.0. The normalized spacial score (nSPS) is 11.6. The first kappa shape index (κ1) is 25.6. The van der Waals surface area contributed by atoms with Gasteiger partial charge in [-0.05, 0) is 44.0 Å². The van der Waals surface area contributed by atoms with E-state index in [9.17, 15) is 32.9 Å². The van der Waals surface area contributed by atoms with Crippen LogP contribution in [-0.4, -0.2) is 28.8 Å². The van der Waals surface area contributed by atoms with Crippen molar-refractivity contribution in [2.75, 3.05) is 5.06 Å². The molecule has 0 saturated heterocycles. The van der Waals surface area contributed by atoms with Crippen molar-refractivity contribution in [3.8, 4) is 0 Å². The van der Waals surface area contributed by atoms with Gasteiger partial charge in [-0.15, -0.1) is 5.06 Å². The highest BCUT2D eigenvalue weighted by atomic mass is 19.4. The maximum absolute atomic E-state index is 12.7. The highest BCUT2D eigenvalue weighted by molar-refractivity contribution is 5.89. The molecule has 0 radical (unpaired) electrons. The lowest BCUT2D eigenvalue weighted by molar-refractivity contribution is -0.384. The van der Waals surface area contributed by atoms with Gasteiger partial charge in [0.15, 0.2) is 0 Å². The van der Waals surface area contributed by atoms with Crippen molar-refractivity contribution in [3.63, 3.8) is 0 Å². The summed E-state index contributed by atoms with van der Waals surface area (Å²) in [4.78, 5) is 38.4. The number of halogens is 3. The second-order valence-corrected chi connectivity index (χ2v) is 7.85. The number of hydrogen-bond donors (Lipinski definition) is 1. The number of hydrogen-bond acceptors (Lipinski definition) is 7. The van der Waals surface area contributed by atoms with E-state index in [0.717, 1.165) is 0 Å². The maximum atomic E-state index is 12.7. The lowest BCUT2D eigenvalue weighted by Gasteiger charge is -2.26. The fraction of sp³-hybridized carbons (Fsp3) is 0.333. The summed E-state index contributed by atoms with van der Waals surface area (Å²) < 4.78 is 43.2. The molecule has 0 spiro atoms. The average Bonchev–Trinajstić information content (AvgIpc) is 2.70. The van der Waals surface area contributed by atoms with Crippen LogP contribution >= 0.6 is 0 Å². The smallest absolute Gasteiger partial charge is 0.441 e. The standard InChI is InChI=1S/C21H22F3N3O6/c1-20(2,3)32-19(29)26(33-18(28)21(22,23)24)16-8-4-6-14(10-16)12-25-13-15-7-5-9-17(11-15)27(30)31/h4-11,25H,12-13H2,1-3H3. The molecule has 33 heavy (non-hydrogen) atoms. The first-order chi connectivity index (χ1) is 15.3. The van der Waals surface area contributed by atoms with Crippen molar-refractivity contribution in [2.24, 2.45) is 0 Å². The Kier molecular flexibility index (Phi) is 7.99. The molecule has 0 atom stereocenters. The third-order valence-corrected chi connectivity index (χ3v) is 3.89. The summed E-state index contributed by atoms with van der Waals surface area (Å²) in [6.45, 7) is 4.98. The van der Waals surface area contributed by atoms with E-state index in [0.29, 0.717) is 11.1 Å². The van der Waals surface area contributed by atoms with Crippen LogP contribution in [0.3, 0.4) is 0 Å². The van der Waals surface area contributed by atoms with Crippen molar-refractivity contribution in [3.05, 3.63) is 69.8 Å². The van der Waals surface area contributed by atoms with E-state index in [-0.39, 0.29) is 29.5 Å². The predicted octanol–water partition coefficient (Wildman–Crippen LogP) is 4.65. The van der Waals surface area contributed by atoms with Gasteiger partial charge in [0.05, 0.1) is 10.6 Å². The van der Waals surface area contributed by atoms with Gasteiger partial charge in [-0.2, -0.15) is 13.2 Å². The highest BCUT2D eigenvalue weighted by Gasteiger charge is 2.44. The van der Waals surface area contributed by atoms with Crippen LogP contribution in [0, 0.1) is 10.1 Å². The lowest BCUT2D eigenvalue weighted by atomic mass is 10.1. The number of carbonyl (C=O) groups excluding carboxylic acids is 2. The Morgan fingerprint density at radius 3 is 2.15 bits per heavy atom. The van der Waals surface area contributed by atoms with E-state index in [2.05, 4.69) is 10.2 Å². The number of hydroxylamine groups is 1. The molecule has 0 heterocycles. The Morgan fingerprint density at radius 2 is 1.61 bits per heavy atom. The fourth-order valence-electron chi connectivity index (χ4n) is 2.56. The van der Waals surface area contributed by atoms with Gasteiger partial charge in [0.1, 0.15) is 5.60 Å². The van der Waals surface area contributed by atoms with Crippen molar-refractivity contribution in [2.45, 2.75) is 45.6 Å². The molecule has 1 amide bonds. The number of nitro groups is 1. The van der Waals surface area contributed by atoms with E-state index in [1.165, 1.54) is 51.1 Å². The molecule has 0 aliphatic rings. The molecule has 2 aromatic carbocycles. The number of non-ortho nitro benzene ring substituents is 1. The zero-order chi connectivity index (χ0) is 24.8. The summed E-state index contributed by atoms with van der Waals surface area (Å²) >= 11 is 0. The van der Waals surface area contributed by atoms with E-state index >= 15 is 0 Å². The molecule has 0 aliphatic heterocycles. The molecule has 0 bridgehead atoms. The Hall–Kier alpha value is -3.67. The number of anilines is 1. The van der Waals surface area contributed by atoms with Gasteiger partial charge in [-0.1, -0.05) is 24.3 Å². The average molecular weight is 469 g/mol. The minimum atomic E-state index is -5.32. The van der Waals surface area contributed by atoms with Crippen molar-refractivity contribution in [1.82, 2.24) is 5.32 Å². The maximum Gasteiger partial charge on any atom is 0.493 e. The number of nitrogens with one attached hydrogen (secondary N) is 1. The summed E-state index contributed by atoms with van der Waals surface area (Å²) in [6, 6.07) is 11.7. The number of rotatable bonds is 6. The van der Waals surface area contributed by atoms with Crippen molar-refractivity contribution >= 4 is 23.4 Å². The van der Waals surface area contributed by atoms with Gasteiger partial charge in [0, 0.05) is 25.2 Å². The third kappa shape index (κ3) is 8.07. The van der Waals surface area contributed by atoms with E-state index in [1.54, 1.807) is 18.2 Å². The Morgan fingerprint density at radius 1 is 1.03 bits per heavy atom. The van der Waals surface area contributed by atoms with E-state index < -0.39 is 28.8 Å². The lowest BCUT2D eigenvalue weighted by Crippen LogP contribution is -2.41. The van der Waals surface area contributed by atoms with Crippen molar-refractivity contribution in [1.29, 1.82) is 0 Å². The molecular weight excluding hydrogens is 447 g/mol. The molecule has 0 fully saturated rings. The van der Waals surface area contributed by atoms with Gasteiger partial charge in [0.25, 0.3) is 5.69 Å². The first-order valence-corrected chi connectivity index (χ1v) is 9.61. The van der Waals surface area contributed by atoms with Crippen LogP contribution in [-0.2, 0) is 27.5 Å². The number of nitrogens with zero attached hydrogens (tertiary/aromatic N) is 2. The molecule has 0 unspecified atom stereocenters. The topological polar surface area (TPSA) is 111 Å². The SMILES string of the molecule is CC(C)(C)OC(=O)N(OC(=O)C(F)(F)F)c1cccc(CNCc2cccc([N+](=O)[O-])c2)c1. The summed E-state index contributed by atoms with van der Waals surface area (Å²) in [5.74, 6) is -2.58. The van der Waals surface area contributed by atoms with Crippen LogP contribution in [0.4, 0.5) is 29.3 Å². The molecule has 1 N–H and O–H groups in total. The van der Waals surface area contributed by atoms with Crippen LogP contribution < -0.4 is 10.4 Å². The number of ether oxygens (including phenoxy) is 1. The van der Waals surface area contributed by atoms with E-state index in [1.807, 2.05) is 0 Å². The quantitative estimate of drug-likeness (QED) is 0.484. The fourth-order valence-corrected chi connectivity index (χ4v) is 2.56. The minimum Gasteiger partial charge on any atom is -0.441 e. The number of benzene rings is 2. The van der Waals surface area contributed by atoms with Crippen LogP contribution in [0.2, 0.25) is 0 Å².